The third-order valence-electron chi connectivity index (χ3n) is 3.39. The van der Waals surface area contributed by atoms with Crippen molar-refractivity contribution in [2.45, 2.75) is 51.5 Å². The maximum absolute atomic E-state index is 11.8. The van der Waals surface area contributed by atoms with Crippen LogP contribution in [0.2, 0.25) is 0 Å². The summed E-state index contributed by atoms with van der Waals surface area (Å²) in [5.41, 5.74) is 0. The van der Waals surface area contributed by atoms with Gasteiger partial charge in [0.2, 0.25) is 5.91 Å². The van der Waals surface area contributed by atoms with Gasteiger partial charge in [-0.2, -0.15) is 0 Å². The maximum atomic E-state index is 11.8. The molecule has 0 aliphatic heterocycles. The van der Waals surface area contributed by atoms with E-state index in [1.165, 1.54) is 25.7 Å². The van der Waals surface area contributed by atoms with Crippen LogP contribution in [-0.2, 0) is 9.59 Å². The molecule has 0 heterocycles. The number of carbonyl (C=O) groups is 2. The molecule has 0 aromatic heterocycles. The topological polar surface area (TPSA) is 69.6 Å². The summed E-state index contributed by atoms with van der Waals surface area (Å²) >= 11 is 0. The van der Waals surface area contributed by atoms with Crippen molar-refractivity contribution in [1.82, 2.24) is 10.2 Å². The van der Waals surface area contributed by atoms with Gasteiger partial charge in [-0.3, -0.25) is 14.5 Å². The number of aliphatic carboxylic acids is 1. The molecule has 2 N–H and O–H groups in total. The molecule has 0 aromatic carbocycles. The molecular formula is C13H24N2O3. The fraction of sp³-hybridized carbons (Fsp3) is 0.846. The van der Waals surface area contributed by atoms with E-state index in [1.807, 2.05) is 6.92 Å². The second-order valence-corrected chi connectivity index (χ2v) is 4.95. The number of carboxylic acids is 1. The zero-order valence-corrected chi connectivity index (χ0v) is 11.2. The summed E-state index contributed by atoms with van der Waals surface area (Å²) < 4.78 is 0. The SMILES string of the molecule is CCN(CC(=O)O)CC(=O)NC1CCCCCC1. The second kappa shape index (κ2) is 8.08. The van der Waals surface area contributed by atoms with Crippen molar-refractivity contribution in [1.29, 1.82) is 0 Å². The van der Waals surface area contributed by atoms with Crippen LogP contribution >= 0.6 is 0 Å². The summed E-state index contributed by atoms with van der Waals surface area (Å²) in [6.45, 7) is 2.54. The number of carbonyl (C=O) groups excluding carboxylic acids is 1. The highest BCUT2D eigenvalue weighted by Gasteiger charge is 2.17. The van der Waals surface area contributed by atoms with E-state index in [1.54, 1.807) is 4.90 Å². The Morgan fingerprint density at radius 3 is 2.28 bits per heavy atom. The van der Waals surface area contributed by atoms with Crippen LogP contribution in [0.3, 0.4) is 0 Å². The number of hydrogen-bond acceptors (Lipinski definition) is 3. The van der Waals surface area contributed by atoms with Gasteiger partial charge in [-0.25, -0.2) is 0 Å². The van der Waals surface area contributed by atoms with Crippen LogP contribution in [0.25, 0.3) is 0 Å². The Balaban J connectivity index is 2.32. The molecule has 104 valence electrons. The predicted molar refractivity (Wildman–Crippen MR) is 69.4 cm³/mol. The first-order valence-corrected chi connectivity index (χ1v) is 6.85. The molecule has 1 fully saturated rings. The van der Waals surface area contributed by atoms with E-state index in [0.29, 0.717) is 6.54 Å². The number of rotatable bonds is 6. The van der Waals surface area contributed by atoms with Gasteiger partial charge < -0.3 is 10.4 Å². The molecule has 1 aliphatic carbocycles. The Labute approximate surface area is 109 Å². The van der Waals surface area contributed by atoms with E-state index in [0.717, 1.165) is 12.8 Å². The van der Waals surface area contributed by atoms with Crippen molar-refractivity contribution in [3.63, 3.8) is 0 Å². The molecule has 0 saturated heterocycles. The smallest absolute Gasteiger partial charge is 0.317 e. The first kappa shape index (κ1) is 15.0. The van der Waals surface area contributed by atoms with Gasteiger partial charge in [0, 0.05) is 6.04 Å². The molecule has 5 nitrogen and oxygen atoms in total. The average Bonchev–Trinajstić information content (AvgIpc) is 2.56. The van der Waals surface area contributed by atoms with Crippen LogP contribution in [0.15, 0.2) is 0 Å². The highest BCUT2D eigenvalue weighted by molar-refractivity contribution is 5.79. The Morgan fingerprint density at radius 1 is 1.17 bits per heavy atom. The lowest BCUT2D eigenvalue weighted by Crippen LogP contribution is -2.43. The first-order chi connectivity index (χ1) is 8.61. The summed E-state index contributed by atoms with van der Waals surface area (Å²) in [6, 6.07) is 0.281. The molecule has 18 heavy (non-hydrogen) atoms. The van der Waals surface area contributed by atoms with E-state index >= 15 is 0 Å². The number of likely N-dealkylation sites (N-methyl/N-ethyl adjacent to an activating group) is 1. The lowest BCUT2D eigenvalue weighted by Gasteiger charge is -2.21. The van der Waals surface area contributed by atoms with Gasteiger partial charge in [0.1, 0.15) is 0 Å². The van der Waals surface area contributed by atoms with E-state index in [2.05, 4.69) is 5.32 Å². The fourth-order valence-electron chi connectivity index (χ4n) is 2.37. The van der Waals surface area contributed by atoms with Crippen molar-refractivity contribution in [3.8, 4) is 0 Å². The molecule has 0 unspecified atom stereocenters. The molecule has 0 radical (unpaired) electrons. The van der Waals surface area contributed by atoms with E-state index in [4.69, 9.17) is 5.11 Å². The van der Waals surface area contributed by atoms with E-state index < -0.39 is 5.97 Å². The highest BCUT2D eigenvalue weighted by Crippen LogP contribution is 2.17. The highest BCUT2D eigenvalue weighted by atomic mass is 16.4. The normalized spacial score (nSPS) is 17.4. The molecule has 0 atom stereocenters. The molecular weight excluding hydrogens is 232 g/mol. The maximum Gasteiger partial charge on any atom is 0.317 e. The van der Waals surface area contributed by atoms with Crippen molar-refractivity contribution in [3.05, 3.63) is 0 Å². The molecule has 1 saturated carbocycles. The summed E-state index contributed by atoms with van der Waals surface area (Å²) in [5.74, 6) is -0.941. The fourth-order valence-corrected chi connectivity index (χ4v) is 2.37. The molecule has 0 bridgehead atoms. The van der Waals surface area contributed by atoms with Crippen molar-refractivity contribution < 1.29 is 14.7 Å². The standard InChI is InChI=1S/C13H24N2O3/c1-2-15(10-13(17)18)9-12(16)14-11-7-5-3-4-6-8-11/h11H,2-10H2,1H3,(H,14,16)(H,17,18). The Kier molecular flexibility index (Phi) is 6.72. The summed E-state index contributed by atoms with van der Waals surface area (Å²) in [6.07, 6.45) is 6.97. The number of carboxylic acid groups (broad SMARTS) is 1. The molecule has 5 heteroatoms. The summed E-state index contributed by atoms with van der Waals surface area (Å²) in [5, 5.41) is 11.7. The van der Waals surface area contributed by atoms with E-state index in [-0.39, 0.29) is 25.0 Å². The van der Waals surface area contributed by atoms with Gasteiger partial charge in [0.25, 0.3) is 0 Å². The van der Waals surface area contributed by atoms with Crippen molar-refractivity contribution >= 4 is 11.9 Å². The Bertz CT molecular complexity index is 273. The molecule has 1 amide bonds. The summed E-state index contributed by atoms with van der Waals surface area (Å²) in [4.78, 5) is 24.1. The van der Waals surface area contributed by atoms with Crippen LogP contribution < -0.4 is 5.32 Å². The Morgan fingerprint density at radius 2 is 1.78 bits per heavy atom. The number of nitrogens with one attached hydrogen (secondary N) is 1. The minimum atomic E-state index is -0.890. The quantitative estimate of drug-likeness (QED) is 0.701. The number of hydrogen-bond donors (Lipinski definition) is 2. The number of amides is 1. The van der Waals surface area contributed by atoms with Crippen LogP contribution in [0.4, 0.5) is 0 Å². The van der Waals surface area contributed by atoms with Crippen molar-refractivity contribution in [2.75, 3.05) is 19.6 Å². The van der Waals surface area contributed by atoms with Crippen LogP contribution in [0, 0.1) is 0 Å². The van der Waals surface area contributed by atoms with Crippen LogP contribution in [0.1, 0.15) is 45.4 Å². The second-order valence-electron chi connectivity index (χ2n) is 4.95. The average molecular weight is 256 g/mol. The number of nitrogens with zero attached hydrogens (tertiary/aromatic N) is 1. The van der Waals surface area contributed by atoms with Gasteiger partial charge in [0.15, 0.2) is 0 Å². The van der Waals surface area contributed by atoms with Gasteiger partial charge in [-0.1, -0.05) is 32.6 Å². The molecule has 1 rings (SSSR count). The largest absolute Gasteiger partial charge is 0.480 e. The Hall–Kier alpha value is -1.10. The minimum Gasteiger partial charge on any atom is -0.480 e. The van der Waals surface area contributed by atoms with Crippen LogP contribution in [-0.4, -0.2) is 47.6 Å². The van der Waals surface area contributed by atoms with Crippen molar-refractivity contribution in [2.24, 2.45) is 0 Å². The third-order valence-corrected chi connectivity index (χ3v) is 3.39. The van der Waals surface area contributed by atoms with Gasteiger partial charge in [-0.15, -0.1) is 0 Å². The lowest BCUT2D eigenvalue weighted by molar-refractivity contribution is -0.138. The van der Waals surface area contributed by atoms with E-state index in [9.17, 15) is 9.59 Å². The first-order valence-electron chi connectivity index (χ1n) is 6.85. The molecule has 1 aliphatic rings. The predicted octanol–water partition coefficient (Wildman–Crippen LogP) is 1.23. The zero-order chi connectivity index (χ0) is 13.4. The lowest BCUT2D eigenvalue weighted by atomic mass is 10.1. The summed E-state index contributed by atoms with van der Waals surface area (Å²) in [7, 11) is 0. The van der Waals surface area contributed by atoms with Crippen LogP contribution in [0.5, 0.6) is 0 Å². The molecule has 0 spiro atoms. The third kappa shape index (κ3) is 6.00. The minimum absolute atomic E-state index is 0.0509. The van der Waals surface area contributed by atoms with Gasteiger partial charge >= 0.3 is 5.97 Å². The zero-order valence-electron chi connectivity index (χ0n) is 11.2. The van der Waals surface area contributed by atoms with Gasteiger partial charge in [-0.05, 0) is 19.4 Å². The molecule has 0 aromatic rings. The monoisotopic (exact) mass is 256 g/mol. The van der Waals surface area contributed by atoms with Gasteiger partial charge in [0.05, 0.1) is 13.1 Å².